The quantitative estimate of drug-likeness (QED) is 0.210. The molecule has 43 heavy (non-hydrogen) atoms. The average molecular weight is 587 g/mol. The number of aromatic nitrogens is 1. The number of amides is 3. The van der Waals surface area contributed by atoms with E-state index >= 15 is 0 Å². The first-order valence-corrected chi connectivity index (χ1v) is 14.1. The van der Waals surface area contributed by atoms with Crippen LogP contribution in [0.25, 0.3) is 10.8 Å². The van der Waals surface area contributed by atoms with E-state index in [0.717, 1.165) is 10.8 Å². The van der Waals surface area contributed by atoms with Gasteiger partial charge in [0, 0.05) is 35.4 Å². The highest BCUT2D eigenvalue weighted by Gasteiger charge is 2.38. The molecule has 1 aromatic heterocycles. The van der Waals surface area contributed by atoms with Gasteiger partial charge in [0.05, 0.1) is 19.9 Å². The number of nitrogens with one attached hydrogen (secondary N) is 2. The Morgan fingerprint density at radius 3 is 2.37 bits per heavy atom. The highest BCUT2D eigenvalue weighted by atomic mass is 16.5. The van der Waals surface area contributed by atoms with Gasteiger partial charge in [-0.05, 0) is 44.7 Å². The number of methoxy groups -OCH3 is 2. The maximum absolute atomic E-state index is 14.3. The Morgan fingerprint density at radius 2 is 1.70 bits per heavy atom. The van der Waals surface area contributed by atoms with Crippen molar-refractivity contribution in [3.05, 3.63) is 78.1 Å². The van der Waals surface area contributed by atoms with Crippen molar-refractivity contribution in [3.8, 4) is 11.5 Å². The molecular weight excluding hydrogens is 548 g/mol. The van der Waals surface area contributed by atoms with E-state index < -0.39 is 29.3 Å². The molecule has 4 rings (SSSR count). The van der Waals surface area contributed by atoms with Crippen LogP contribution < -0.4 is 25.0 Å². The van der Waals surface area contributed by atoms with Crippen LogP contribution in [0.3, 0.4) is 0 Å². The molecule has 0 aliphatic carbocycles. The second kappa shape index (κ2) is 13.4. The lowest BCUT2D eigenvalue weighted by molar-refractivity contribution is -0.128. The second-order valence-corrected chi connectivity index (χ2v) is 10.8. The van der Waals surface area contributed by atoms with E-state index in [1.807, 2.05) is 57.2 Å². The molecule has 4 aromatic rings. The van der Waals surface area contributed by atoms with Crippen LogP contribution in [0.15, 0.2) is 71.3 Å². The number of para-hydroxylation sites is 1. The summed E-state index contributed by atoms with van der Waals surface area (Å²) in [5.41, 5.74) is 0.398. The summed E-state index contributed by atoms with van der Waals surface area (Å²) in [4.78, 5) is 42.9. The molecule has 10 heteroatoms. The molecule has 0 aliphatic rings. The molecule has 226 valence electrons. The van der Waals surface area contributed by atoms with Crippen molar-refractivity contribution in [2.24, 2.45) is 0 Å². The number of nitrogens with zero attached hydrogens (tertiary/aromatic N) is 2. The summed E-state index contributed by atoms with van der Waals surface area (Å²) in [7, 11) is 3.01. The fourth-order valence-electron chi connectivity index (χ4n) is 4.82. The van der Waals surface area contributed by atoms with Gasteiger partial charge in [-0.1, -0.05) is 60.6 Å². The van der Waals surface area contributed by atoms with Crippen molar-refractivity contribution in [3.63, 3.8) is 0 Å². The standard InChI is InChI=1S/C33H38N4O6/c1-7-33(3,4)35-32(40)30(24-15-11-17-26(41-5)31(24)42-6)37(25-16-10-13-22-12-8-9-14-23(22)25)29(39)19-18-28(38)34-27-20-21(2)43-36-27/h8-17,20,30H,7,18-19H2,1-6H3,(H,35,40)(H,34,36,38)/t30-/m1/s1. The van der Waals surface area contributed by atoms with Crippen molar-refractivity contribution in [2.75, 3.05) is 24.4 Å². The maximum atomic E-state index is 14.3. The number of anilines is 2. The van der Waals surface area contributed by atoms with Gasteiger partial charge in [0.15, 0.2) is 17.3 Å². The van der Waals surface area contributed by atoms with Crippen LogP contribution in [0, 0.1) is 6.92 Å². The third-order valence-electron chi connectivity index (χ3n) is 7.34. The second-order valence-electron chi connectivity index (χ2n) is 10.8. The van der Waals surface area contributed by atoms with Crippen molar-refractivity contribution in [1.82, 2.24) is 10.5 Å². The van der Waals surface area contributed by atoms with Crippen molar-refractivity contribution in [1.29, 1.82) is 0 Å². The SMILES string of the molecule is CCC(C)(C)NC(=O)[C@@H](c1cccc(OC)c1OC)N(C(=O)CCC(=O)Nc1cc(C)on1)c1cccc2ccccc12. The monoisotopic (exact) mass is 586 g/mol. The molecule has 3 aromatic carbocycles. The van der Waals surface area contributed by atoms with Crippen LogP contribution in [0.2, 0.25) is 0 Å². The number of hydrogen-bond acceptors (Lipinski definition) is 7. The van der Waals surface area contributed by atoms with Crippen molar-refractivity contribution in [2.45, 2.75) is 58.5 Å². The molecule has 0 spiro atoms. The fourth-order valence-corrected chi connectivity index (χ4v) is 4.82. The minimum Gasteiger partial charge on any atom is -0.493 e. The smallest absolute Gasteiger partial charge is 0.248 e. The molecule has 0 unspecified atom stereocenters. The Bertz CT molecular complexity index is 1610. The summed E-state index contributed by atoms with van der Waals surface area (Å²) in [6.07, 6.45) is 0.333. The van der Waals surface area contributed by atoms with E-state index in [-0.39, 0.29) is 18.7 Å². The molecule has 10 nitrogen and oxygen atoms in total. The van der Waals surface area contributed by atoms with Gasteiger partial charge < -0.3 is 24.6 Å². The third kappa shape index (κ3) is 7.14. The van der Waals surface area contributed by atoms with Crippen LogP contribution in [0.4, 0.5) is 11.5 Å². The first kappa shape index (κ1) is 31.1. The lowest BCUT2D eigenvalue weighted by Gasteiger charge is -2.36. The minimum absolute atomic E-state index is 0.143. The lowest BCUT2D eigenvalue weighted by atomic mass is 9.96. The van der Waals surface area contributed by atoms with E-state index in [2.05, 4.69) is 15.8 Å². The van der Waals surface area contributed by atoms with Gasteiger partial charge in [0.2, 0.25) is 17.7 Å². The van der Waals surface area contributed by atoms with Gasteiger partial charge in [0.1, 0.15) is 11.8 Å². The lowest BCUT2D eigenvalue weighted by Crippen LogP contribution is -2.50. The summed E-state index contributed by atoms with van der Waals surface area (Å²) in [6, 6.07) is 18.9. The average Bonchev–Trinajstić information content (AvgIpc) is 3.41. The van der Waals surface area contributed by atoms with E-state index in [4.69, 9.17) is 14.0 Å². The molecule has 2 N–H and O–H groups in total. The molecule has 1 atom stereocenters. The summed E-state index contributed by atoms with van der Waals surface area (Å²) in [6.45, 7) is 7.53. The fraction of sp³-hybridized carbons (Fsp3) is 0.333. The first-order chi connectivity index (χ1) is 20.6. The van der Waals surface area contributed by atoms with Crippen molar-refractivity contribution >= 4 is 40.0 Å². The number of carbonyl (C=O) groups is 3. The van der Waals surface area contributed by atoms with Gasteiger partial charge in [-0.2, -0.15) is 0 Å². The zero-order valence-electron chi connectivity index (χ0n) is 25.4. The Kier molecular flexibility index (Phi) is 9.70. The molecule has 0 radical (unpaired) electrons. The zero-order valence-corrected chi connectivity index (χ0v) is 25.4. The van der Waals surface area contributed by atoms with Crippen LogP contribution in [0.1, 0.15) is 57.4 Å². The molecule has 0 saturated carbocycles. The Morgan fingerprint density at radius 1 is 0.977 bits per heavy atom. The van der Waals surface area contributed by atoms with E-state index in [1.165, 1.54) is 19.1 Å². The van der Waals surface area contributed by atoms with E-state index in [9.17, 15) is 14.4 Å². The Labute approximate surface area is 251 Å². The molecule has 0 fully saturated rings. The number of ether oxygens (including phenoxy) is 2. The normalized spacial score (nSPS) is 12.0. The van der Waals surface area contributed by atoms with Gasteiger partial charge in [0.25, 0.3) is 0 Å². The van der Waals surface area contributed by atoms with Crippen LogP contribution in [-0.2, 0) is 14.4 Å². The number of rotatable bonds is 12. The van der Waals surface area contributed by atoms with Crippen LogP contribution in [-0.4, -0.2) is 42.6 Å². The first-order valence-electron chi connectivity index (χ1n) is 14.1. The molecule has 3 amide bonds. The number of benzene rings is 3. The van der Waals surface area contributed by atoms with Gasteiger partial charge in [-0.3, -0.25) is 19.3 Å². The number of hydrogen-bond donors (Lipinski definition) is 2. The highest BCUT2D eigenvalue weighted by molar-refractivity contribution is 6.09. The maximum Gasteiger partial charge on any atom is 0.248 e. The summed E-state index contributed by atoms with van der Waals surface area (Å²) in [5.74, 6) is 0.318. The zero-order chi connectivity index (χ0) is 31.1. The van der Waals surface area contributed by atoms with Crippen LogP contribution >= 0.6 is 0 Å². The molecule has 0 aliphatic heterocycles. The number of carbonyl (C=O) groups excluding carboxylic acids is 3. The molecule has 0 saturated heterocycles. The predicted octanol–water partition coefficient (Wildman–Crippen LogP) is 5.95. The number of aryl methyl sites for hydroxylation is 1. The summed E-state index contributed by atoms with van der Waals surface area (Å²) in [5, 5.41) is 11.2. The summed E-state index contributed by atoms with van der Waals surface area (Å²) >= 11 is 0. The summed E-state index contributed by atoms with van der Waals surface area (Å²) < 4.78 is 16.3. The van der Waals surface area contributed by atoms with Gasteiger partial charge in [-0.25, -0.2) is 0 Å². The third-order valence-corrected chi connectivity index (χ3v) is 7.34. The molecule has 0 bridgehead atoms. The van der Waals surface area contributed by atoms with Crippen LogP contribution in [0.5, 0.6) is 11.5 Å². The van der Waals surface area contributed by atoms with E-state index in [1.54, 1.807) is 37.3 Å². The molecular formula is C33H38N4O6. The van der Waals surface area contributed by atoms with Gasteiger partial charge in [-0.15, -0.1) is 0 Å². The van der Waals surface area contributed by atoms with Gasteiger partial charge >= 0.3 is 0 Å². The Hall–Kier alpha value is -4.86. The van der Waals surface area contributed by atoms with E-state index in [0.29, 0.717) is 34.9 Å². The largest absolute Gasteiger partial charge is 0.493 e. The number of fused-ring (bicyclic) bond motifs is 1. The van der Waals surface area contributed by atoms with Crippen molar-refractivity contribution < 1.29 is 28.4 Å². The predicted molar refractivity (Wildman–Crippen MR) is 165 cm³/mol. The minimum atomic E-state index is -1.16. The highest BCUT2D eigenvalue weighted by Crippen LogP contribution is 2.41. The Balaban J connectivity index is 1.84. The topological polar surface area (TPSA) is 123 Å². The molecule has 1 heterocycles.